The van der Waals surface area contributed by atoms with Gasteiger partial charge in [-0.25, -0.2) is 0 Å². The van der Waals surface area contributed by atoms with Crippen LogP contribution in [-0.4, -0.2) is 14.5 Å². The van der Waals surface area contributed by atoms with Crippen LogP contribution in [0.5, 0.6) is 0 Å². The van der Waals surface area contributed by atoms with Gasteiger partial charge in [-0.2, -0.15) is 0 Å². The van der Waals surface area contributed by atoms with E-state index in [0.717, 1.165) is 17.7 Å². The SMILES string of the molecule is Cc1ccc(C(N)=S)c(=O)n1CCc1ccncc1. The minimum absolute atomic E-state index is 0.124. The molecule has 5 heteroatoms. The van der Waals surface area contributed by atoms with E-state index >= 15 is 0 Å². The summed E-state index contributed by atoms with van der Waals surface area (Å²) in [5, 5.41) is 0. The minimum atomic E-state index is -0.124. The number of hydrogen-bond acceptors (Lipinski definition) is 3. The molecule has 0 atom stereocenters. The van der Waals surface area contributed by atoms with Gasteiger partial charge in [0, 0.05) is 24.6 Å². The van der Waals surface area contributed by atoms with Crippen LogP contribution in [0.15, 0.2) is 41.5 Å². The Labute approximate surface area is 116 Å². The second-order valence-corrected chi connectivity index (χ2v) is 4.75. The second kappa shape index (κ2) is 5.75. The van der Waals surface area contributed by atoms with Gasteiger partial charge in [-0.15, -0.1) is 0 Å². The molecule has 0 saturated carbocycles. The number of thiocarbonyl (C=S) groups is 1. The van der Waals surface area contributed by atoms with Crippen LogP contribution in [0.2, 0.25) is 0 Å². The third-order valence-electron chi connectivity index (χ3n) is 3.03. The first-order chi connectivity index (χ1) is 9.09. The standard InChI is InChI=1S/C14H15N3OS/c1-10-2-3-12(13(15)19)14(18)17(10)9-6-11-4-7-16-8-5-11/h2-5,7-8H,6,9H2,1H3,(H2,15,19). The molecule has 2 aromatic rings. The summed E-state index contributed by atoms with van der Waals surface area (Å²) >= 11 is 4.89. The molecule has 98 valence electrons. The van der Waals surface area contributed by atoms with Gasteiger partial charge in [-0.05, 0) is 43.2 Å². The van der Waals surface area contributed by atoms with Crippen molar-refractivity contribution in [3.63, 3.8) is 0 Å². The highest BCUT2D eigenvalue weighted by Gasteiger charge is 2.08. The topological polar surface area (TPSA) is 60.9 Å². The van der Waals surface area contributed by atoms with Crippen molar-refractivity contribution in [1.29, 1.82) is 0 Å². The van der Waals surface area contributed by atoms with Crippen molar-refractivity contribution < 1.29 is 0 Å². The molecule has 2 N–H and O–H groups in total. The van der Waals surface area contributed by atoms with E-state index in [1.807, 2.05) is 25.1 Å². The number of hydrogen-bond donors (Lipinski definition) is 1. The zero-order valence-corrected chi connectivity index (χ0v) is 11.5. The van der Waals surface area contributed by atoms with E-state index in [9.17, 15) is 4.79 Å². The maximum absolute atomic E-state index is 12.2. The fourth-order valence-corrected chi connectivity index (χ4v) is 2.08. The van der Waals surface area contributed by atoms with Crippen LogP contribution in [-0.2, 0) is 13.0 Å². The third kappa shape index (κ3) is 3.06. The zero-order chi connectivity index (χ0) is 13.8. The average molecular weight is 273 g/mol. The van der Waals surface area contributed by atoms with Crippen LogP contribution in [0.3, 0.4) is 0 Å². The Hall–Kier alpha value is -2.01. The summed E-state index contributed by atoms with van der Waals surface area (Å²) in [5.41, 5.74) is 7.87. The van der Waals surface area contributed by atoms with Crippen molar-refractivity contribution in [3.05, 3.63) is 63.8 Å². The zero-order valence-electron chi connectivity index (χ0n) is 10.7. The first kappa shape index (κ1) is 13.4. The van der Waals surface area contributed by atoms with Crippen LogP contribution in [0.1, 0.15) is 16.8 Å². The smallest absolute Gasteiger partial charge is 0.260 e. The van der Waals surface area contributed by atoms with Gasteiger partial charge < -0.3 is 10.3 Å². The van der Waals surface area contributed by atoms with E-state index in [1.165, 1.54) is 0 Å². The third-order valence-corrected chi connectivity index (χ3v) is 3.25. The lowest BCUT2D eigenvalue weighted by Gasteiger charge is -2.11. The van der Waals surface area contributed by atoms with Gasteiger partial charge in [-0.1, -0.05) is 12.2 Å². The van der Waals surface area contributed by atoms with Gasteiger partial charge in [0.25, 0.3) is 5.56 Å². The Morgan fingerprint density at radius 1 is 1.32 bits per heavy atom. The van der Waals surface area contributed by atoms with Crippen molar-refractivity contribution >= 4 is 17.2 Å². The highest BCUT2D eigenvalue weighted by molar-refractivity contribution is 7.80. The minimum Gasteiger partial charge on any atom is -0.389 e. The molecule has 0 bridgehead atoms. The molecule has 0 spiro atoms. The fraction of sp³-hybridized carbons (Fsp3) is 0.214. The van der Waals surface area contributed by atoms with Gasteiger partial charge in [0.05, 0.1) is 5.56 Å². The molecule has 0 amide bonds. The van der Waals surface area contributed by atoms with Crippen molar-refractivity contribution in [3.8, 4) is 0 Å². The molecule has 0 aliphatic carbocycles. The lowest BCUT2D eigenvalue weighted by atomic mass is 10.2. The Balaban J connectivity index is 2.28. The predicted molar refractivity (Wildman–Crippen MR) is 79.3 cm³/mol. The lowest BCUT2D eigenvalue weighted by Crippen LogP contribution is -2.30. The maximum atomic E-state index is 12.2. The summed E-state index contributed by atoms with van der Waals surface area (Å²) in [6.07, 6.45) is 4.26. The van der Waals surface area contributed by atoms with Crippen molar-refractivity contribution in [2.75, 3.05) is 0 Å². The normalized spacial score (nSPS) is 10.4. The molecular weight excluding hydrogens is 258 g/mol. The van der Waals surface area contributed by atoms with Crippen LogP contribution < -0.4 is 11.3 Å². The molecule has 0 aliphatic rings. The number of rotatable bonds is 4. The van der Waals surface area contributed by atoms with Gasteiger partial charge >= 0.3 is 0 Å². The quantitative estimate of drug-likeness (QED) is 0.856. The number of nitrogens with two attached hydrogens (primary N) is 1. The van der Waals surface area contributed by atoms with E-state index in [2.05, 4.69) is 4.98 Å². The molecule has 2 aromatic heterocycles. The van der Waals surface area contributed by atoms with Crippen molar-refractivity contribution in [2.45, 2.75) is 19.9 Å². The molecule has 2 rings (SSSR count). The Bertz CT molecular complexity index is 649. The summed E-state index contributed by atoms with van der Waals surface area (Å²) in [4.78, 5) is 16.3. The molecule has 4 nitrogen and oxygen atoms in total. The molecule has 19 heavy (non-hydrogen) atoms. The van der Waals surface area contributed by atoms with Crippen LogP contribution in [0.4, 0.5) is 0 Å². The summed E-state index contributed by atoms with van der Waals surface area (Å²) in [7, 11) is 0. The molecule has 0 fully saturated rings. The molecule has 0 aromatic carbocycles. The highest BCUT2D eigenvalue weighted by atomic mass is 32.1. The van der Waals surface area contributed by atoms with Crippen LogP contribution >= 0.6 is 12.2 Å². The number of nitrogens with zero attached hydrogens (tertiary/aromatic N) is 2. The van der Waals surface area contributed by atoms with Gasteiger partial charge in [-0.3, -0.25) is 9.78 Å². The lowest BCUT2D eigenvalue weighted by molar-refractivity contribution is 0.648. The van der Waals surface area contributed by atoms with E-state index < -0.39 is 0 Å². The van der Waals surface area contributed by atoms with Gasteiger partial charge in [0.1, 0.15) is 4.99 Å². The van der Waals surface area contributed by atoms with Gasteiger partial charge in [0.2, 0.25) is 0 Å². The van der Waals surface area contributed by atoms with Crippen molar-refractivity contribution in [1.82, 2.24) is 9.55 Å². The predicted octanol–water partition coefficient (Wildman–Crippen LogP) is 1.43. The first-order valence-electron chi connectivity index (χ1n) is 5.99. The molecule has 0 unspecified atom stereocenters. The number of pyridine rings is 2. The Morgan fingerprint density at radius 3 is 2.63 bits per heavy atom. The van der Waals surface area contributed by atoms with Crippen LogP contribution in [0.25, 0.3) is 0 Å². The van der Waals surface area contributed by atoms with Crippen LogP contribution in [0, 0.1) is 6.92 Å². The summed E-state index contributed by atoms with van der Waals surface area (Å²) in [5.74, 6) is 0. The number of aryl methyl sites for hydroxylation is 2. The van der Waals surface area contributed by atoms with Crippen molar-refractivity contribution in [2.24, 2.45) is 5.73 Å². The van der Waals surface area contributed by atoms with E-state index in [4.69, 9.17) is 18.0 Å². The molecule has 0 aliphatic heterocycles. The first-order valence-corrected chi connectivity index (χ1v) is 6.39. The molecule has 0 saturated heterocycles. The maximum Gasteiger partial charge on any atom is 0.260 e. The molecular formula is C14H15N3OS. The summed E-state index contributed by atoms with van der Waals surface area (Å²) in [6, 6.07) is 7.43. The monoisotopic (exact) mass is 273 g/mol. The van der Waals surface area contributed by atoms with Gasteiger partial charge in [0.15, 0.2) is 0 Å². The average Bonchev–Trinajstić information content (AvgIpc) is 2.39. The largest absolute Gasteiger partial charge is 0.389 e. The van der Waals surface area contributed by atoms with E-state index in [0.29, 0.717) is 12.1 Å². The highest BCUT2D eigenvalue weighted by Crippen LogP contribution is 2.03. The second-order valence-electron chi connectivity index (χ2n) is 4.31. The molecule has 2 heterocycles. The summed E-state index contributed by atoms with van der Waals surface area (Å²) < 4.78 is 1.70. The Morgan fingerprint density at radius 2 is 2.00 bits per heavy atom. The fourth-order valence-electron chi connectivity index (χ4n) is 1.93. The summed E-state index contributed by atoms with van der Waals surface area (Å²) in [6.45, 7) is 2.50. The number of aromatic nitrogens is 2. The van der Waals surface area contributed by atoms with E-state index in [-0.39, 0.29) is 10.5 Å². The Kier molecular flexibility index (Phi) is 4.06. The van der Waals surface area contributed by atoms with E-state index in [1.54, 1.807) is 23.0 Å². The molecule has 0 radical (unpaired) electrons.